The van der Waals surface area contributed by atoms with Gasteiger partial charge in [0.25, 0.3) is 11.7 Å². The van der Waals surface area contributed by atoms with Crippen LogP contribution in [0.3, 0.4) is 0 Å². The number of ketones is 1. The first-order valence-corrected chi connectivity index (χ1v) is 7.58. The fourth-order valence-electron chi connectivity index (χ4n) is 2.57. The second kappa shape index (κ2) is 6.37. The number of carbonyl (C=O) groups excluding carboxylic acids is 2. The summed E-state index contributed by atoms with van der Waals surface area (Å²) in [6, 6.07) is 4.14. The van der Waals surface area contributed by atoms with Crippen LogP contribution in [0.25, 0.3) is 0 Å². The number of nitrogens with zero attached hydrogens (tertiary/aromatic N) is 2. The van der Waals surface area contributed by atoms with E-state index < -0.39 is 23.0 Å². The molecule has 0 spiro atoms. The van der Waals surface area contributed by atoms with Crippen LogP contribution in [0.15, 0.2) is 12.1 Å². The maximum absolute atomic E-state index is 14.0. The maximum atomic E-state index is 14.0. The highest BCUT2D eigenvalue weighted by atomic mass is 19.1. The molecule has 0 aromatic heterocycles. The van der Waals surface area contributed by atoms with Gasteiger partial charge >= 0.3 is 0 Å². The van der Waals surface area contributed by atoms with E-state index in [1.54, 1.807) is 26.8 Å². The van der Waals surface area contributed by atoms with E-state index in [0.717, 1.165) is 32.0 Å². The van der Waals surface area contributed by atoms with Crippen molar-refractivity contribution < 1.29 is 14.0 Å². The summed E-state index contributed by atoms with van der Waals surface area (Å²) in [5.41, 5.74) is -0.231. The molecule has 0 radical (unpaired) electrons. The highest BCUT2D eigenvalue weighted by Crippen LogP contribution is 2.28. The number of hydrogen-bond donors (Lipinski definition) is 1. The standard InChI is InChI=1S/C17H20FN3O2/c1-17(2,3)20-16(23)15(22)12-9-13(18)11(10-19)8-14(12)21-6-4-5-7-21/h8-9H,4-7H2,1-3H3,(H,20,23). The number of rotatable bonds is 3. The zero-order valence-corrected chi connectivity index (χ0v) is 13.6. The van der Waals surface area contributed by atoms with Gasteiger partial charge in [-0.1, -0.05) is 0 Å². The molecule has 0 saturated carbocycles. The molecule has 5 nitrogen and oxygen atoms in total. The Morgan fingerprint density at radius 3 is 2.39 bits per heavy atom. The lowest BCUT2D eigenvalue weighted by Gasteiger charge is -2.23. The van der Waals surface area contributed by atoms with Gasteiger partial charge in [0.2, 0.25) is 0 Å². The Kier molecular flexibility index (Phi) is 4.69. The molecule has 0 aliphatic carbocycles. The number of nitriles is 1. The molecule has 0 unspecified atom stereocenters. The number of Topliss-reactive ketones (excluding diaryl/α,β-unsaturated/α-hetero) is 1. The van der Waals surface area contributed by atoms with Crippen molar-refractivity contribution >= 4 is 17.4 Å². The van der Waals surface area contributed by atoms with Crippen LogP contribution in [0.4, 0.5) is 10.1 Å². The molecule has 1 fully saturated rings. The monoisotopic (exact) mass is 317 g/mol. The summed E-state index contributed by atoms with van der Waals surface area (Å²) in [4.78, 5) is 26.5. The van der Waals surface area contributed by atoms with Crippen molar-refractivity contribution in [2.75, 3.05) is 18.0 Å². The van der Waals surface area contributed by atoms with Crippen molar-refractivity contribution in [2.24, 2.45) is 0 Å². The van der Waals surface area contributed by atoms with Gasteiger partial charge in [0.1, 0.15) is 11.9 Å². The minimum Gasteiger partial charge on any atom is -0.371 e. The van der Waals surface area contributed by atoms with E-state index in [0.29, 0.717) is 5.69 Å². The van der Waals surface area contributed by atoms with Gasteiger partial charge in [-0.15, -0.1) is 0 Å². The van der Waals surface area contributed by atoms with Gasteiger partial charge in [-0.05, 0) is 45.7 Å². The molecule has 2 rings (SSSR count). The smallest absolute Gasteiger partial charge is 0.292 e. The van der Waals surface area contributed by atoms with Crippen LogP contribution in [0.1, 0.15) is 49.5 Å². The van der Waals surface area contributed by atoms with Crippen molar-refractivity contribution in [2.45, 2.75) is 39.2 Å². The van der Waals surface area contributed by atoms with Gasteiger partial charge in [0.05, 0.1) is 11.1 Å². The minimum absolute atomic E-state index is 0.00477. The van der Waals surface area contributed by atoms with E-state index in [4.69, 9.17) is 5.26 Å². The number of carbonyl (C=O) groups is 2. The maximum Gasteiger partial charge on any atom is 0.292 e. The topological polar surface area (TPSA) is 73.2 Å². The van der Waals surface area contributed by atoms with Crippen molar-refractivity contribution in [3.8, 4) is 6.07 Å². The highest BCUT2D eigenvalue weighted by molar-refractivity contribution is 6.44. The molecule has 1 aliphatic rings. The van der Waals surface area contributed by atoms with Crippen LogP contribution in [0.5, 0.6) is 0 Å². The predicted octanol–water partition coefficient (Wildman–Crippen LogP) is 2.39. The lowest BCUT2D eigenvalue weighted by molar-refractivity contribution is -0.118. The number of nitrogens with one attached hydrogen (secondary N) is 1. The first-order valence-electron chi connectivity index (χ1n) is 7.58. The second-order valence-electron chi connectivity index (χ2n) is 6.69. The van der Waals surface area contributed by atoms with Crippen molar-refractivity contribution in [3.63, 3.8) is 0 Å². The fraction of sp³-hybridized carbons (Fsp3) is 0.471. The molecular weight excluding hydrogens is 297 g/mol. The van der Waals surface area contributed by atoms with Crippen molar-refractivity contribution in [3.05, 3.63) is 29.1 Å². The van der Waals surface area contributed by atoms with Crippen molar-refractivity contribution in [1.29, 1.82) is 5.26 Å². The molecule has 1 aromatic rings. The number of amides is 1. The number of hydrogen-bond acceptors (Lipinski definition) is 4. The summed E-state index contributed by atoms with van der Waals surface area (Å²) in [6.45, 7) is 6.73. The summed E-state index contributed by atoms with van der Waals surface area (Å²) in [5, 5.41) is 11.6. The molecule has 0 atom stereocenters. The lowest BCUT2D eigenvalue weighted by atomic mass is 10.0. The average molecular weight is 317 g/mol. The van der Waals surface area contributed by atoms with E-state index in [-0.39, 0.29) is 11.1 Å². The van der Waals surface area contributed by atoms with Crippen LogP contribution in [0, 0.1) is 17.1 Å². The normalized spacial score (nSPS) is 14.5. The van der Waals surface area contributed by atoms with Gasteiger partial charge in [-0.2, -0.15) is 5.26 Å². The summed E-state index contributed by atoms with van der Waals surface area (Å²) in [7, 11) is 0. The molecule has 122 valence electrons. The number of halogens is 1. The molecule has 1 amide bonds. The Balaban J connectivity index is 2.43. The molecule has 1 heterocycles. The molecular formula is C17H20FN3O2. The molecule has 1 aromatic carbocycles. The Hall–Kier alpha value is -2.42. The molecule has 1 aliphatic heterocycles. The summed E-state index contributed by atoms with van der Waals surface area (Å²) < 4.78 is 14.0. The van der Waals surface area contributed by atoms with Crippen LogP contribution in [-0.2, 0) is 4.79 Å². The van der Waals surface area contributed by atoms with Crippen LogP contribution in [-0.4, -0.2) is 30.3 Å². The summed E-state index contributed by atoms with van der Waals surface area (Å²) in [5.74, 6) is -2.35. The van der Waals surface area contributed by atoms with Gasteiger partial charge < -0.3 is 10.2 Å². The van der Waals surface area contributed by atoms with Gasteiger partial charge in [0.15, 0.2) is 0 Å². The molecule has 1 N–H and O–H groups in total. The Morgan fingerprint density at radius 2 is 1.87 bits per heavy atom. The third kappa shape index (κ3) is 3.86. The van der Waals surface area contributed by atoms with Gasteiger partial charge in [-0.3, -0.25) is 9.59 Å². The van der Waals surface area contributed by atoms with Gasteiger partial charge in [-0.25, -0.2) is 4.39 Å². The Labute approximate surface area is 135 Å². The summed E-state index contributed by atoms with van der Waals surface area (Å²) >= 11 is 0. The Morgan fingerprint density at radius 1 is 1.26 bits per heavy atom. The minimum atomic E-state index is -0.789. The van der Waals surface area contributed by atoms with E-state index >= 15 is 0 Å². The van der Waals surface area contributed by atoms with Crippen LogP contribution >= 0.6 is 0 Å². The zero-order chi connectivity index (χ0) is 17.2. The average Bonchev–Trinajstić information content (AvgIpc) is 2.98. The first kappa shape index (κ1) is 16.9. The second-order valence-corrected chi connectivity index (χ2v) is 6.69. The van der Waals surface area contributed by atoms with Crippen LogP contribution in [0.2, 0.25) is 0 Å². The van der Waals surface area contributed by atoms with E-state index in [9.17, 15) is 14.0 Å². The predicted molar refractivity (Wildman–Crippen MR) is 84.8 cm³/mol. The fourth-order valence-corrected chi connectivity index (χ4v) is 2.57. The zero-order valence-electron chi connectivity index (χ0n) is 13.6. The Bertz CT molecular complexity index is 680. The first-order chi connectivity index (χ1) is 10.7. The van der Waals surface area contributed by atoms with E-state index in [1.807, 2.05) is 4.90 Å². The number of anilines is 1. The third-order valence-corrected chi connectivity index (χ3v) is 3.59. The summed E-state index contributed by atoms with van der Waals surface area (Å²) in [6.07, 6.45) is 1.92. The number of benzene rings is 1. The highest BCUT2D eigenvalue weighted by Gasteiger charge is 2.28. The molecule has 1 saturated heterocycles. The third-order valence-electron chi connectivity index (χ3n) is 3.59. The molecule has 23 heavy (non-hydrogen) atoms. The van der Waals surface area contributed by atoms with Crippen LogP contribution < -0.4 is 10.2 Å². The van der Waals surface area contributed by atoms with E-state index in [2.05, 4.69) is 5.32 Å². The lowest BCUT2D eigenvalue weighted by Crippen LogP contribution is -2.44. The SMILES string of the molecule is CC(C)(C)NC(=O)C(=O)c1cc(F)c(C#N)cc1N1CCCC1. The quantitative estimate of drug-likeness (QED) is 0.686. The molecule has 0 bridgehead atoms. The largest absolute Gasteiger partial charge is 0.371 e. The van der Waals surface area contributed by atoms with Crippen molar-refractivity contribution in [1.82, 2.24) is 5.32 Å². The van der Waals surface area contributed by atoms with E-state index in [1.165, 1.54) is 6.07 Å². The van der Waals surface area contributed by atoms with Gasteiger partial charge in [0, 0.05) is 24.3 Å². The molecule has 6 heteroatoms.